The van der Waals surface area contributed by atoms with Crippen LogP contribution >= 0.6 is 7.82 Å². The average molecular weight is 786 g/mol. The Bertz CT molecular complexity index is 938. The molecule has 1 amide bonds. The Balaban J connectivity index is 4.34. The summed E-state index contributed by atoms with van der Waals surface area (Å²) in [5.41, 5.74) is 0. The van der Waals surface area contributed by atoms with Crippen molar-refractivity contribution in [2.45, 2.75) is 200 Å². The highest BCUT2D eigenvalue weighted by atomic mass is 31.2. The van der Waals surface area contributed by atoms with Crippen molar-refractivity contribution >= 4 is 13.7 Å². The van der Waals surface area contributed by atoms with Gasteiger partial charge in [0.1, 0.15) is 19.3 Å². The number of rotatable bonds is 41. The maximum absolute atomic E-state index is 13.0. The molecule has 0 aliphatic carbocycles. The van der Waals surface area contributed by atoms with Crippen molar-refractivity contribution in [3.63, 3.8) is 0 Å². The molecule has 2 unspecified atom stereocenters. The highest BCUT2D eigenvalue weighted by Gasteiger charge is 2.29. The van der Waals surface area contributed by atoms with Gasteiger partial charge in [0.15, 0.2) is 0 Å². The Hall–Kier alpha value is -1.02. The van der Waals surface area contributed by atoms with Crippen LogP contribution in [0.15, 0.2) is 24.3 Å². The van der Waals surface area contributed by atoms with E-state index in [-0.39, 0.29) is 25.7 Å². The molecule has 0 fully saturated rings. The summed E-state index contributed by atoms with van der Waals surface area (Å²) in [6, 6.07) is 0. The highest BCUT2D eigenvalue weighted by molar-refractivity contribution is 7.47. The molecule has 1 N–H and O–H groups in total. The summed E-state index contributed by atoms with van der Waals surface area (Å²) in [5, 5.41) is 0. The van der Waals surface area contributed by atoms with Crippen LogP contribution in [-0.4, -0.2) is 87.4 Å². The summed E-state index contributed by atoms with van der Waals surface area (Å²) in [4.78, 5) is 25.0. The fourth-order valence-corrected chi connectivity index (χ4v) is 7.25. The van der Waals surface area contributed by atoms with E-state index >= 15 is 0 Å². The molecular formula is C45H90N2O6P+. The number of amides is 1. The molecular weight excluding hydrogens is 695 g/mol. The number of unbranched alkanes of at least 4 members (excludes halogenated alkanes) is 23. The lowest BCUT2D eigenvalue weighted by molar-refractivity contribution is -0.870. The van der Waals surface area contributed by atoms with Gasteiger partial charge in [0.2, 0.25) is 5.91 Å². The van der Waals surface area contributed by atoms with Crippen molar-refractivity contribution in [2.24, 2.45) is 0 Å². The lowest BCUT2D eigenvalue weighted by atomic mass is 10.1. The smallest absolute Gasteiger partial charge is 0.379 e. The molecule has 54 heavy (non-hydrogen) atoms. The number of phosphoric acid groups is 1. The number of hydrogen-bond acceptors (Lipinski definition) is 5. The molecule has 8 nitrogen and oxygen atoms in total. The van der Waals surface area contributed by atoms with Crippen LogP contribution in [0.1, 0.15) is 194 Å². The van der Waals surface area contributed by atoms with Crippen molar-refractivity contribution in [3.8, 4) is 0 Å². The second-order valence-electron chi connectivity index (χ2n) is 16.7. The minimum Gasteiger partial charge on any atom is -0.379 e. The molecule has 2 atom stereocenters. The Morgan fingerprint density at radius 2 is 1.04 bits per heavy atom. The van der Waals surface area contributed by atoms with Gasteiger partial charge in [-0.2, -0.15) is 0 Å². The highest BCUT2D eigenvalue weighted by Crippen LogP contribution is 2.44. The molecule has 0 aromatic rings. The van der Waals surface area contributed by atoms with Crippen molar-refractivity contribution in [3.05, 3.63) is 24.3 Å². The molecule has 9 heteroatoms. The predicted molar refractivity (Wildman–Crippen MR) is 231 cm³/mol. The third kappa shape index (κ3) is 39.2. The summed E-state index contributed by atoms with van der Waals surface area (Å²) in [6.45, 7) is 6.08. The van der Waals surface area contributed by atoms with E-state index in [9.17, 15) is 14.3 Å². The number of quaternary nitrogens is 1. The second-order valence-corrected chi connectivity index (χ2v) is 18.1. The SMILES string of the molecule is CCCCCCCCC=CCCCCCCCCOCC(CN(C)C(=O)CCCCCCCC=CCCCCCCCC)OP(=O)(O)OCC[N+](C)(C)C. The Morgan fingerprint density at radius 1 is 0.630 bits per heavy atom. The second kappa shape index (κ2) is 37.6. The van der Waals surface area contributed by atoms with Crippen LogP contribution in [0.3, 0.4) is 0 Å². The molecule has 0 saturated heterocycles. The van der Waals surface area contributed by atoms with Crippen molar-refractivity contribution in [1.29, 1.82) is 0 Å². The topological polar surface area (TPSA) is 85.3 Å². The number of carbonyl (C=O) groups is 1. The third-order valence-corrected chi connectivity index (χ3v) is 11.0. The monoisotopic (exact) mass is 786 g/mol. The minimum atomic E-state index is -4.31. The standard InChI is InChI=1S/C45H89N2O6P/c1-7-9-11-13-15-17-19-21-23-25-27-29-31-33-35-37-40-51-43-44(53-54(49,50)52-41-39-47(4,5)6)42-46(3)45(48)38-36-34-32-30-28-26-24-22-20-18-16-14-12-10-8-2/h21-24,44H,7-20,25-43H2,1-6H3/p+1. The lowest BCUT2D eigenvalue weighted by Gasteiger charge is -2.27. The van der Waals surface area contributed by atoms with Gasteiger partial charge in [-0.15, -0.1) is 0 Å². The van der Waals surface area contributed by atoms with Crippen LogP contribution in [0.5, 0.6) is 0 Å². The molecule has 320 valence electrons. The molecule has 0 aromatic heterocycles. The zero-order chi connectivity index (χ0) is 40.0. The quantitative estimate of drug-likeness (QED) is 0.0288. The fraction of sp³-hybridized carbons (Fsp3) is 0.889. The third-order valence-electron chi connectivity index (χ3n) is 9.96. The minimum absolute atomic E-state index is 0.0215. The molecule has 0 aliphatic heterocycles. The molecule has 0 aliphatic rings. The molecule has 0 radical (unpaired) electrons. The zero-order valence-corrected chi connectivity index (χ0v) is 37.4. The van der Waals surface area contributed by atoms with Crippen LogP contribution in [0.25, 0.3) is 0 Å². The maximum Gasteiger partial charge on any atom is 0.472 e. The van der Waals surface area contributed by atoms with Crippen LogP contribution in [-0.2, 0) is 23.1 Å². The van der Waals surface area contributed by atoms with E-state index < -0.39 is 13.9 Å². The summed E-state index contributed by atoms with van der Waals surface area (Å²) in [5.74, 6) is 0.0215. The predicted octanol–water partition coefficient (Wildman–Crippen LogP) is 12.7. The number of ether oxygens (including phenoxy) is 1. The Kier molecular flexibility index (Phi) is 36.8. The molecule has 0 rings (SSSR count). The Labute approximate surface area is 335 Å². The summed E-state index contributed by atoms with van der Waals surface area (Å²) < 4.78 is 30.2. The molecule has 0 bridgehead atoms. The summed E-state index contributed by atoms with van der Waals surface area (Å²) in [7, 11) is 3.42. The number of hydrogen-bond donors (Lipinski definition) is 1. The van der Waals surface area contributed by atoms with Crippen molar-refractivity contribution in [1.82, 2.24) is 4.90 Å². The van der Waals surface area contributed by atoms with Gasteiger partial charge in [0.25, 0.3) is 0 Å². The van der Waals surface area contributed by atoms with Gasteiger partial charge < -0.3 is 19.0 Å². The van der Waals surface area contributed by atoms with E-state index in [0.717, 1.165) is 38.5 Å². The molecule has 0 heterocycles. The van der Waals surface area contributed by atoms with Gasteiger partial charge >= 0.3 is 7.82 Å². The van der Waals surface area contributed by atoms with Crippen LogP contribution in [0.4, 0.5) is 0 Å². The normalized spacial score (nSPS) is 14.0. The van der Waals surface area contributed by atoms with Crippen molar-refractivity contribution < 1.29 is 32.5 Å². The van der Waals surface area contributed by atoms with E-state index in [1.807, 2.05) is 21.1 Å². The van der Waals surface area contributed by atoms with Crippen LogP contribution in [0.2, 0.25) is 0 Å². The number of allylic oxidation sites excluding steroid dienone is 4. The number of phosphoric ester groups is 1. The number of carbonyl (C=O) groups excluding carboxylic acids is 1. The summed E-state index contributed by atoms with van der Waals surface area (Å²) in [6.07, 6.45) is 42.5. The fourth-order valence-electron chi connectivity index (χ4n) is 6.38. The van der Waals surface area contributed by atoms with Gasteiger partial charge in [0, 0.05) is 26.6 Å². The largest absolute Gasteiger partial charge is 0.472 e. The zero-order valence-electron chi connectivity index (χ0n) is 36.6. The van der Waals surface area contributed by atoms with Gasteiger partial charge in [0.05, 0.1) is 27.7 Å². The van der Waals surface area contributed by atoms with E-state index in [2.05, 4.69) is 38.2 Å². The maximum atomic E-state index is 13.0. The van der Waals surface area contributed by atoms with E-state index in [1.54, 1.807) is 11.9 Å². The van der Waals surface area contributed by atoms with E-state index in [4.69, 9.17) is 13.8 Å². The van der Waals surface area contributed by atoms with Crippen molar-refractivity contribution in [2.75, 3.05) is 61.1 Å². The first kappa shape index (κ1) is 53.0. The van der Waals surface area contributed by atoms with Crippen LogP contribution in [0, 0.1) is 0 Å². The lowest BCUT2D eigenvalue weighted by Crippen LogP contribution is -2.38. The number of nitrogens with zero attached hydrogens (tertiary/aromatic N) is 2. The van der Waals surface area contributed by atoms with E-state index in [1.165, 1.54) is 135 Å². The first-order valence-electron chi connectivity index (χ1n) is 22.6. The number of likely N-dealkylation sites (N-methyl/N-ethyl adjacent to an activating group) is 2. The summed E-state index contributed by atoms with van der Waals surface area (Å²) >= 11 is 0. The first-order valence-corrected chi connectivity index (χ1v) is 24.1. The van der Waals surface area contributed by atoms with E-state index in [0.29, 0.717) is 24.1 Å². The van der Waals surface area contributed by atoms with Gasteiger partial charge in [-0.05, 0) is 64.2 Å². The van der Waals surface area contributed by atoms with Gasteiger partial charge in [-0.25, -0.2) is 4.57 Å². The van der Waals surface area contributed by atoms with Gasteiger partial charge in [-0.3, -0.25) is 13.8 Å². The van der Waals surface area contributed by atoms with Gasteiger partial charge in [-0.1, -0.05) is 147 Å². The molecule has 0 saturated carbocycles. The first-order chi connectivity index (χ1) is 26.0. The Morgan fingerprint density at radius 3 is 1.48 bits per heavy atom. The molecule has 0 spiro atoms. The molecule has 0 aromatic carbocycles. The van der Waals surface area contributed by atoms with Crippen LogP contribution < -0.4 is 0 Å². The average Bonchev–Trinajstić information content (AvgIpc) is 3.11.